The van der Waals surface area contributed by atoms with Gasteiger partial charge in [-0.2, -0.15) is 0 Å². The normalized spacial score (nSPS) is 10.8. The van der Waals surface area contributed by atoms with Crippen molar-refractivity contribution in [2.75, 3.05) is 11.9 Å². The fourth-order valence-corrected chi connectivity index (χ4v) is 1.27. The number of benzene rings is 1. The molecule has 0 aliphatic heterocycles. The van der Waals surface area contributed by atoms with E-state index < -0.39 is 0 Å². The summed E-state index contributed by atoms with van der Waals surface area (Å²) in [5.41, 5.74) is 7.74. The van der Waals surface area contributed by atoms with Crippen molar-refractivity contribution in [2.24, 2.45) is 5.73 Å². The zero-order chi connectivity index (χ0) is 12.7. The molecule has 0 aliphatic carbocycles. The maximum Gasteiger partial charge on any atom is 0.319 e. The number of nitrogens with two attached hydrogens (primary N) is 1. The van der Waals surface area contributed by atoms with Gasteiger partial charge in [0, 0.05) is 24.1 Å². The van der Waals surface area contributed by atoms with Gasteiger partial charge in [-0.1, -0.05) is 12.1 Å². The van der Waals surface area contributed by atoms with Gasteiger partial charge in [0.2, 0.25) is 0 Å². The van der Waals surface area contributed by atoms with Crippen LogP contribution in [0.3, 0.4) is 0 Å². The van der Waals surface area contributed by atoms with Crippen LogP contribution in [0.2, 0.25) is 0 Å². The Labute approximate surface area is 100 Å². The van der Waals surface area contributed by atoms with Gasteiger partial charge in [-0.3, -0.25) is 0 Å². The predicted octanol–water partition coefficient (Wildman–Crippen LogP) is 1.78. The number of nitrogens with one attached hydrogen (secondary N) is 3. The van der Waals surface area contributed by atoms with Crippen LogP contribution in [-0.2, 0) is 0 Å². The molecule has 1 aromatic rings. The summed E-state index contributed by atoms with van der Waals surface area (Å²) in [4.78, 5) is 11.2. The predicted molar refractivity (Wildman–Crippen MR) is 70.1 cm³/mol. The Balaban J connectivity index is 2.71. The molecule has 17 heavy (non-hydrogen) atoms. The van der Waals surface area contributed by atoms with E-state index in [1.807, 2.05) is 6.92 Å². The van der Waals surface area contributed by atoms with E-state index in [1.165, 1.54) is 6.08 Å². The number of allylic oxidation sites excluding steroid dienone is 1. The summed E-state index contributed by atoms with van der Waals surface area (Å²) in [7, 11) is 0. The van der Waals surface area contributed by atoms with Crippen LogP contribution in [0.1, 0.15) is 12.5 Å². The van der Waals surface area contributed by atoms with Crippen molar-refractivity contribution in [3.05, 3.63) is 35.9 Å². The maximum absolute atomic E-state index is 11.2. The summed E-state index contributed by atoms with van der Waals surface area (Å²) in [5, 5.41) is 12.2. The Bertz CT molecular complexity index is 423. The summed E-state index contributed by atoms with van der Waals surface area (Å²) < 4.78 is 0. The van der Waals surface area contributed by atoms with E-state index in [9.17, 15) is 4.79 Å². The van der Waals surface area contributed by atoms with Gasteiger partial charge in [-0.05, 0) is 30.7 Å². The highest BCUT2D eigenvalue weighted by Gasteiger charge is 2.00. The lowest BCUT2D eigenvalue weighted by Crippen LogP contribution is -2.28. The minimum Gasteiger partial charge on any atom is -0.398 e. The van der Waals surface area contributed by atoms with Crippen molar-refractivity contribution in [2.45, 2.75) is 6.92 Å². The standard InChI is InChI=1S/C12H16N4O/c1-2-15-12(17)16-10-5-3-9(4-6-10)11(14)7-8-13/h3-8,13H,2,14H2,1H3,(H2,15,16,17)/b11-7-,13-8?. The zero-order valence-electron chi connectivity index (χ0n) is 9.66. The fraction of sp³-hybridized carbons (Fsp3) is 0.167. The van der Waals surface area contributed by atoms with Crippen molar-refractivity contribution in [1.82, 2.24) is 5.32 Å². The van der Waals surface area contributed by atoms with E-state index in [0.29, 0.717) is 17.9 Å². The van der Waals surface area contributed by atoms with E-state index in [2.05, 4.69) is 10.6 Å². The molecule has 0 heterocycles. The Kier molecular flexibility index (Phi) is 4.75. The third-order valence-electron chi connectivity index (χ3n) is 2.08. The Hall–Kier alpha value is -2.30. The quantitative estimate of drug-likeness (QED) is 0.596. The second-order valence-corrected chi connectivity index (χ2v) is 3.35. The lowest BCUT2D eigenvalue weighted by molar-refractivity contribution is 0.252. The minimum atomic E-state index is -0.233. The van der Waals surface area contributed by atoms with E-state index in [0.717, 1.165) is 11.8 Å². The summed E-state index contributed by atoms with van der Waals surface area (Å²) in [6.45, 7) is 2.43. The fourth-order valence-electron chi connectivity index (χ4n) is 1.27. The van der Waals surface area contributed by atoms with Crippen LogP contribution in [0, 0.1) is 5.41 Å². The van der Waals surface area contributed by atoms with Gasteiger partial charge < -0.3 is 21.8 Å². The molecule has 5 heteroatoms. The van der Waals surface area contributed by atoms with Crippen molar-refractivity contribution >= 4 is 23.6 Å². The average molecular weight is 232 g/mol. The Morgan fingerprint density at radius 1 is 1.41 bits per heavy atom. The molecule has 0 saturated carbocycles. The highest BCUT2D eigenvalue weighted by molar-refractivity contribution is 5.89. The van der Waals surface area contributed by atoms with Crippen LogP contribution in [0.15, 0.2) is 30.3 Å². The number of rotatable bonds is 4. The summed E-state index contributed by atoms with van der Waals surface area (Å²) in [6.07, 6.45) is 2.64. The van der Waals surface area contributed by atoms with Crippen LogP contribution in [-0.4, -0.2) is 18.8 Å². The molecular formula is C12H16N4O. The van der Waals surface area contributed by atoms with Crippen LogP contribution in [0.4, 0.5) is 10.5 Å². The molecule has 0 fully saturated rings. The third-order valence-corrected chi connectivity index (χ3v) is 2.08. The second kappa shape index (κ2) is 6.32. The number of hydrogen-bond acceptors (Lipinski definition) is 3. The van der Waals surface area contributed by atoms with Crippen molar-refractivity contribution in [3.63, 3.8) is 0 Å². The molecule has 90 valence electrons. The Morgan fingerprint density at radius 2 is 2.06 bits per heavy atom. The van der Waals surface area contributed by atoms with Gasteiger partial charge >= 0.3 is 6.03 Å². The summed E-state index contributed by atoms with van der Waals surface area (Å²) in [6, 6.07) is 6.86. The lowest BCUT2D eigenvalue weighted by Gasteiger charge is -2.06. The number of hydrogen-bond donors (Lipinski definition) is 4. The van der Waals surface area contributed by atoms with E-state index >= 15 is 0 Å². The number of amides is 2. The van der Waals surface area contributed by atoms with Gasteiger partial charge in [0.1, 0.15) is 0 Å². The van der Waals surface area contributed by atoms with Crippen LogP contribution in [0.5, 0.6) is 0 Å². The van der Waals surface area contributed by atoms with Gasteiger partial charge in [-0.15, -0.1) is 0 Å². The summed E-state index contributed by atoms with van der Waals surface area (Å²) >= 11 is 0. The summed E-state index contributed by atoms with van der Waals surface area (Å²) in [5.74, 6) is 0. The number of carbonyl (C=O) groups is 1. The molecule has 0 saturated heterocycles. The molecule has 0 radical (unpaired) electrons. The molecule has 5 N–H and O–H groups in total. The third kappa shape index (κ3) is 3.98. The highest BCUT2D eigenvalue weighted by atomic mass is 16.2. The van der Waals surface area contributed by atoms with Crippen molar-refractivity contribution in [3.8, 4) is 0 Å². The molecule has 0 aliphatic rings. The van der Waals surface area contributed by atoms with E-state index in [4.69, 9.17) is 11.1 Å². The van der Waals surface area contributed by atoms with Crippen LogP contribution >= 0.6 is 0 Å². The van der Waals surface area contributed by atoms with Gasteiger partial charge in [0.15, 0.2) is 0 Å². The second-order valence-electron chi connectivity index (χ2n) is 3.35. The van der Waals surface area contributed by atoms with Gasteiger partial charge in [0.25, 0.3) is 0 Å². The molecule has 0 aromatic heterocycles. The molecule has 0 bridgehead atoms. The largest absolute Gasteiger partial charge is 0.398 e. The molecule has 1 aromatic carbocycles. The number of anilines is 1. The zero-order valence-corrected chi connectivity index (χ0v) is 9.66. The van der Waals surface area contributed by atoms with Crippen LogP contribution < -0.4 is 16.4 Å². The first-order valence-electron chi connectivity index (χ1n) is 5.29. The first kappa shape index (κ1) is 12.8. The molecule has 2 amide bonds. The first-order chi connectivity index (χ1) is 8.17. The van der Waals surface area contributed by atoms with Crippen molar-refractivity contribution < 1.29 is 4.79 Å². The SMILES string of the molecule is CCNC(=O)Nc1ccc(/C(N)=C/C=N)cc1. The molecule has 0 unspecified atom stereocenters. The smallest absolute Gasteiger partial charge is 0.319 e. The molecular weight excluding hydrogens is 216 g/mol. The van der Waals surface area contributed by atoms with Crippen molar-refractivity contribution in [1.29, 1.82) is 5.41 Å². The topological polar surface area (TPSA) is 91.0 Å². The minimum absolute atomic E-state index is 0.233. The molecule has 0 atom stereocenters. The monoisotopic (exact) mass is 232 g/mol. The van der Waals surface area contributed by atoms with E-state index in [-0.39, 0.29) is 6.03 Å². The number of carbonyl (C=O) groups excluding carboxylic acids is 1. The lowest BCUT2D eigenvalue weighted by atomic mass is 10.1. The molecule has 0 spiro atoms. The van der Waals surface area contributed by atoms with Gasteiger partial charge in [0.05, 0.1) is 0 Å². The molecule has 1 rings (SSSR count). The first-order valence-corrected chi connectivity index (χ1v) is 5.29. The maximum atomic E-state index is 11.2. The van der Waals surface area contributed by atoms with Gasteiger partial charge in [-0.25, -0.2) is 4.79 Å². The van der Waals surface area contributed by atoms with Crippen LogP contribution in [0.25, 0.3) is 5.70 Å². The Morgan fingerprint density at radius 3 is 2.59 bits per heavy atom. The average Bonchev–Trinajstić information content (AvgIpc) is 2.30. The van der Waals surface area contributed by atoms with E-state index in [1.54, 1.807) is 24.3 Å². The number of urea groups is 1. The molecule has 5 nitrogen and oxygen atoms in total. The highest BCUT2D eigenvalue weighted by Crippen LogP contribution is 2.13.